The van der Waals surface area contributed by atoms with Gasteiger partial charge in [-0.15, -0.1) is 0 Å². The van der Waals surface area contributed by atoms with E-state index in [1.807, 2.05) is 0 Å². The molecule has 1 heterocycles. The number of sulfonamides is 1. The van der Waals surface area contributed by atoms with Crippen LogP contribution < -0.4 is 9.46 Å². The van der Waals surface area contributed by atoms with Gasteiger partial charge in [-0.05, 0) is 69.9 Å². The lowest BCUT2D eigenvalue weighted by molar-refractivity contribution is -0.137. The quantitative estimate of drug-likeness (QED) is 0.465. The molecule has 198 valence electrons. The molecule has 0 aliphatic carbocycles. The number of nitrogens with zero attached hydrogens (tertiary/aromatic N) is 1. The second-order valence-corrected chi connectivity index (χ2v) is 11.5. The van der Waals surface area contributed by atoms with Gasteiger partial charge in [-0.1, -0.05) is 23.7 Å². The highest BCUT2D eigenvalue weighted by Crippen LogP contribution is 2.37. The number of carbonyl (C=O) groups excluding carboxylic acids is 1. The third-order valence-corrected chi connectivity index (χ3v) is 7.28. The van der Waals surface area contributed by atoms with Gasteiger partial charge in [0.15, 0.2) is 0 Å². The van der Waals surface area contributed by atoms with Crippen LogP contribution in [0.2, 0.25) is 5.02 Å². The van der Waals surface area contributed by atoms with Crippen molar-refractivity contribution in [3.63, 3.8) is 0 Å². The van der Waals surface area contributed by atoms with Crippen LogP contribution in [-0.4, -0.2) is 44.7 Å². The summed E-state index contributed by atoms with van der Waals surface area (Å²) in [6, 6.07) is 8.20. The Morgan fingerprint density at radius 1 is 1.11 bits per heavy atom. The maximum Gasteiger partial charge on any atom is 0.416 e. The van der Waals surface area contributed by atoms with Crippen molar-refractivity contribution in [1.29, 1.82) is 0 Å². The number of hydrogen-bond donors (Lipinski definition) is 1. The average molecular weight is 549 g/mol. The summed E-state index contributed by atoms with van der Waals surface area (Å²) in [6.45, 7) is 6.38. The van der Waals surface area contributed by atoms with Gasteiger partial charge in [0.05, 0.1) is 22.9 Å². The molecule has 0 aromatic heterocycles. The molecule has 2 aromatic rings. The summed E-state index contributed by atoms with van der Waals surface area (Å²) >= 11 is 5.98. The number of hydrogen-bond acceptors (Lipinski definition) is 5. The van der Waals surface area contributed by atoms with Crippen LogP contribution in [0.4, 0.5) is 23.7 Å². The molecule has 0 radical (unpaired) electrons. The zero-order valence-corrected chi connectivity index (χ0v) is 21.6. The molecule has 1 saturated heterocycles. The number of amides is 1. The van der Waals surface area contributed by atoms with Gasteiger partial charge in [0.2, 0.25) is 0 Å². The van der Waals surface area contributed by atoms with Gasteiger partial charge >= 0.3 is 12.3 Å². The first-order valence-corrected chi connectivity index (χ1v) is 13.1. The molecule has 1 aliphatic heterocycles. The smallest absolute Gasteiger partial charge is 0.416 e. The summed E-state index contributed by atoms with van der Waals surface area (Å²) < 4.78 is 79.0. The molecule has 0 bridgehead atoms. The summed E-state index contributed by atoms with van der Waals surface area (Å²) in [4.78, 5) is 13.6. The molecule has 0 spiro atoms. The third kappa shape index (κ3) is 7.42. The number of likely N-dealkylation sites (tertiary alicyclic amines) is 1. The van der Waals surface area contributed by atoms with E-state index in [9.17, 15) is 26.4 Å². The van der Waals surface area contributed by atoms with E-state index in [0.29, 0.717) is 32.0 Å². The standard InChI is InChI=1S/C24H28ClF3N2O5S/c1-23(2,3)35-22(31)30-12-10-16(11-13-30)15-34-20-9-8-17(24(26,27)28)14-19(20)29-36(32,33)21-7-5-4-6-18(21)25/h4-9,14,16,29H,10-13,15H2,1-3H3. The Kier molecular flexibility index (Phi) is 8.34. The monoisotopic (exact) mass is 548 g/mol. The highest BCUT2D eigenvalue weighted by atomic mass is 35.5. The summed E-state index contributed by atoms with van der Waals surface area (Å²) in [5.74, 6) is -0.0350. The van der Waals surface area contributed by atoms with Crippen LogP contribution in [-0.2, 0) is 20.9 Å². The Morgan fingerprint density at radius 3 is 2.33 bits per heavy atom. The van der Waals surface area contributed by atoms with E-state index >= 15 is 0 Å². The molecule has 1 N–H and O–H groups in total. The molecular weight excluding hydrogens is 521 g/mol. The summed E-state index contributed by atoms with van der Waals surface area (Å²) in [7, 11) is -4.29. The Balaban J connectivity index is 1.73. The fraction of sp³-hybridized carbons (Fsp3) is 0.458. The number of halogens is 4. The first-order valence-electron chi connectivity index (χ1n) is 11.2. The summed E-state index contributed by atoms with van der Waals surface area (Å²) in [6.07, 6.45) is -3.89. The highest BCUT2D eigenvalue weighted by Gasteiger charge is 2.32. The molecule has 0 atom stereocenters. The van der Waals surface area contributed by atoms with Gasteiger partial charge in [-0.25, -0.2) is 13.2 Å². The van der Waals surface area contributed by atoms with Crippen molar-refractivity contribution in [2.24, 2.45) is 5.92 Å². The van der Waals surface area contributed by atoms with Crippen LogP contribution in [0, 0.1) is 5.92 Å². The normalized spacial score (nSPS) is 15.5. The molecule has 2 aromatic carbocycles. The second-order valence-electron chi connectivity index (χ2n) is 9.47. The second kappa shape index (κ2) is 10.8. The van der Waals surface area contributed by atoms with Gasteiger partial charge in [0, 0.05) is 13.1 Å². The lowest BCUT2D eigenvalue weighted by atomic mass is 9.98. The SMILES string of the molecule is CC(C)(C)OC(=O)N1CCC(COc2ccc(C(F)(F)F)cc2NS(=O)(=O)c2ccccc2Cl)CC1. The number of rotatable bonds is 6. The van der Waals surface area contributed by atoms with Crippen LogP contribution in [0.5, 0.6) is 5.75 Å². The van der Waals surface area contributed by atoms with Crippen molar-refractivity contribution in [3.8, 4) is 5.75 Å². The Morgan fingerprint density at radius 2 is 1.75 bits per heavy atom. The fourth-order valence-corrected chi connectivity index (χ4v) is 5.17. The van der Waals surface area contributed by atoms with Crippen molar-refractivity contribution in [2.75, 3.05) is 24.4 Å². The zero-order chi connectivity index (χ0) is 26.7. The Hall–Kier alpha value is -2.66. The number of carbonyl (C=O) groups is 1. The number of nitrogens with one attached hydrogen (secondary N) is 1. The first kappa shape index (κ1) is 27.9. The fourth-order valence-electron chi connectivity index (χ4n) is 3.59. The van der Waals surface area contributed by atoms with Crippen LogP contribution in [0.3, 0.4) is 0 Å². The minimum absolute atomic E-state index is 0.0130. The van der Waals surface area contributed by atoms with Crippen molar-refractivity contribution in [2.45, 2.75) is 50.3 Å². The third-order valence-electron chi connectivity index (χ3n) is 5.42. The van der Waals surface area contributed by atoms with E-state index in [2.05, 4.69) is 4.72 Å². The first-order chi connectivity index (χ1) is 16.7. The molecule has 12 heteroatoms. The molecule has 7 nitrogen and oxygen atoms in total. The summed E-state index contributed by atoms with van der Waals surface area (Å²) in [5, 5.41) is -0.0730. The van der Waals surface area contributed by atoms with Crippen LogP contribution >= 0.6 is 11.6 Å². The van der Waals surface area contributed by atoms with Gasteiger partial charge in [0.25, 0.3) is 10.0 Å². The molecular formula is C24H28ClF3N2O5S. The number of piperidine rings is 1. The average Bonchev–Trinajstić information content (AvgIpc) is 2.76. The van der Waals surface area contributed by atoms with E-state index in [0.717, 1.165) is 12.1 Å². The van der Waals surface area contributed by atoms with Crippen LogP contribution in [0.15, 0.2) is 47.4 Å². The largest absolute Gasteiger partial charge is 0.491 e. The van der Waals surface area contributed by atoms with Gasteiger partial charge in [0.1, 0.15) is 16.2 Å². The molecule has 1 aliphatic rings. The van der Waals surface area contributed by atoms with Gasteiger partial charge < -0.3 is 14.4 Å². The van der Waals surface area contributed by atoms with Crippen molar-refractivity contribution >= 4 is 33.4 Å². The van der Waals surface area contributed by atoms with Crippen molar-refractivity contribution < 1.29 is 35.9 Å². The maximum absolute atomic E-state index is 13.3. The van der Waals surface area contributed by atoms with Gasteiger partial charge in [-0.3, -0.25) is 4.72 Å². The highest BCUT2D eigenvalue weighted by molar-refractivity contribution is 7.92. The molecule has 0 unspecified atom stereocenters. The lowest BCUT2D eigenvalue weighted by Gasteiger charge is -2.33. The molecule has 1 fully saturated rings. The van der Waals surface area contributed by atoms with Gasteiger partial charge in [-0.2, -0.15) is 13.2 Å². The number of ether oxygens (including phenoxy) is 2. The number of anilines is 1. The van der Waals surface area contributed by atoms with E-state index in [-0.39, 0.29) is 33.9 Å². The van der Waals surface area contributed by atoms with E-state index < -0.39 is 33.5 Å². The minimum Gasteiger partial charge on any atom is -0.491 e. The van der Waals surface area contributed by atoms with Crippen molar-refractivity contribution in [1.82, 2.24) is 4.90 Å². The van der Waals surface area contributed by atoms with E-state index in [1.54, 1.807) is 25.7 Å². The lowest BCUT2D eigenvalue weighted by Crippen LogP contribution is -2.42. The van der Waals surface area contributed by atoms with E-state index in [1.165, 1.54) is 24.3 Å². The summed E-state index contributed by atoms with van der Waals surface area (Å²) in [5.41, 5.74) is -1.99. The van der Waals surface area contributed by atoms with Crippen LogP contribution in [0.25, 0.3) is 0 Å². The Labute approximate surface area is 213 Å². The number of alkyl halides is 3. The van der Waals surface area contributed by atoms with E-state index in [4.69, 9.17) is 21.1 Å². The predicted octanol–water partition coefficient (Wildman–Crippen LogP) is 6.19. The molecule has 3 rings (SSSR count). The minimum atomic E-state index is -4.68. The van der Waals surface area contributed by atoms with Crippen molar-refractivity contribution in [3.05, 3.63) is 53.1 Å². The molecule has 1 amide bonds. The molecule has 0 saturated carbocycles. The predicted molar refractivity (Wildman–Crippen MR) is 130 cm³/mol. The zero-order valence-electron chi connectivity index (χ0n) is 20.1. The topological polar surface area (TPSA) is 84.9 Å². The molecule has 36 heavy (non-hydrogen) atoms. The van der Waals surface area contributed by atoms with Crippen LogP contribution in [0.1, 0.15) is 39.2 Å². The Bertz CT molecular complexity index is 1190. The number of benzene rings is 2. The maximum atomic E-state index is 13.3.